The molecule has 0 aliphatic heterocycles. The molecule has 0 bridgehead atoms. The molecule has 18 heavy (non-hydrogen) atoms. The molecule has 0 heterocycles. The molecule has 100 valence electrons. The predicted molar refractivity (Wildman–Crippen MR) is 75.3 cm³/mol. The molecule has 0 aliphatic carbocycles. The fourth-order valence-electron chi connectivity index (χ4n) is 1.57. The second kappa shape index (κ2) is 7.17. The minimum absolute atomic E-state index is 0.0355. The van der Waals surface area contributed by atoms with Gasteiger partial charge in [0, 0.05) is 19.0 Å². The van der Waals surface area contributed by atoms with Gasteiger partial charge in [0.05, 0.1) is 0 Å². The third kappa shape index (κ3) is 5.32. The quantitative estimate of drug-likeness (QED) is 0.809. The zero-order valence-electron chi connectivity index (χ0n) is 11.6. The van der Waals surface area contributed by atoms with Crippen LogP contribution in [0, 0.1) is 12.8 Å². The molecule has 3 nitrogen and oxygen atoms in total. The van der Waals surface area contributed by atoms with E-state index in [4.69, 9.17) is 5.73 Å². The normalized spacial score (nSPS) is 12.5. The fourth-order valence-corrected chi connectivity index (χ4v) is 1.57. The number of aryl methyl sites for hydroxylation is 2. The largest absolute Gasteiger partial charge is 0.355 e. The highest BCUT2D eigenvalue weighted by Gasteiger charge is 2.09. The maximum atomic E-state index is 11.6. The van der Waals surface area contributed by atoms with Crippen LogP contribution in [0.15, 0.2) is 24.3 Å². The van der Waals surface area contributed by atoms with Crippen molar-refractivity contribution in [1.29, 1.82) is 0 Å². The number of amides is 1. The molecule has 1 unspecified atom stereocenters. The molecule has 1 atom stereocenters. The number of hydrogen-bond donors (Lipinski definition) is 2. The first-order valence-electron chi connectivity index (χ1n) is 6.57. The highest BCUT2D eigenvalue weighted by atomic mass is 16.1. The van der Waals surface area contributed by atoms with E-state index in [-0.39, 0.29) is 11.9 Å². The monoisotopic (exact) mass is 248 g/mol. The van der Waals surface area contributed by atoms with E-state index >= 15 is 0 Å². The van der Waals surface area contributed by atoms with Gasteiger partial charge >= 0.3 is 0 Å². The summed E-state index contributed by atoms with van der Waals surface area (Å²) in [6.07, 6.45) is 1.30. The minimum Gasteiger partial charge on any atom is -0.355 e. The van der Waals surface area contributed by atoms with Gasteiger partial charge in [-0.15, -0.1) is 0 Å². The standard InChI is InChI=1S/C15H24N2O/c1-11(2)14(16)10-17-15(18)9-8-13-6-4-12(3)5-7-13/h4-7,11,14H,8-10,16H2,1-3H3,(H,17,18). The Kier molecular flexibility index (Phi) is 5.86. The number of nitrogens with one attached hydrogen (secondary N) is 1. The number of hydrogen-bond acceptors (Lipinski definition) is 2. The first kappa shape index (κ1) is 14.7. The van der Waals surface area contributed by atoms with Crippen LogP contribution >= 0.6 is 0 Å². The van der Waals surface area contributed by atoms with Crippen molar-refractivity contribution in [3.8, 4) is 0 Å². The van der Waals surface area contributed by atoms with Gasteiger partial charge < -0.3 is 11.1 Å². The van der Waals surface area contributed by atoms with Gasteiger partial charge in [0.2, 0.25) is 5.91 Å². The van der Waals surface area contributed by atoms with Gasteiger partial charge in [-0.25, -0.2) is 0 Å². The number of nitrogens with two attached hydrogens (primary N) is 1. The van der Waals surface area contributed by atoms with Gasteiger partial charge in [-0.1, -0.05) is 43.7 Å². The molecule has 1 rings (SSSR count). The molecule has 1 aromatic carbocycles. The minimum atomic E-state index is 0.0355. The molecule has 0 aliphatic rings. The molecule has 0 fully saturated rings. The lowest BCUT2D eigenvalue weighted by Crippen LogP contribution is -2.40. The summed E-state index contributed by atoms with van der Waals surface area (Å²) in [4.78, 5) is 11.6. The van der Waals surface area contributed by atoms with Crippen LogP contribution in [-0.2, 0) is 11.2 Å². The van der Waals surface area contributed by atoms with Crippen LogP contribution in [0.1, 0.15) is 31.4 Å². The molecule has 0 saturated heterocycles. The van der Waals surface area contributed by atoms with E-state index in [9.17, 15) is 4.79 Å². The Balaban J connectivity index is 2.27. The first-order chi connectivity index (χ1) is 8.49. The summed E-state index contributed by atoms with van der Waals surface area (Å²) in [7, 11) is 0. The molecule has 0 saturated carbocycles. The van der Waals surface area contributed by atoms with Crippen molar-refractivity contribution in [2.24, 2.45) is 11.7 Å². The van der Waals surface area contributed by atoms with Gasteiger partial charge in [0.15, 0.2) is 0 Å². The summed E-state index contributed by atoms with van der Waals surface area (Å²) in [6.45, 7) is 6.74. The smallest absolute Gasteiger partial charge is 0.220 e. The van der Waals surface area contributed by atoms with E-state index in [0.29, 0.717) is 18.9 Å². The number of carbonyl (C=O) groups is 1. The van der Waals surface area contributed by atoms with Crippen molar-refractivity contribution in [2.75, 3.05) is 6.54 Å². The summed E-state index contributed by atoms with van der Waals surface area (Å²) in [5, 5.41) is 2.88. The average Bonchev–Trinajstić information content (AvgIpc) is 2.35. The molecule has 1 amide bonds. The SMILES string of the molecule is Cc1ccc(CCC(=O)NCC(N)C(C)C)cc1. The van der Waals surface area contributed by atoms with Crippen LogP contribution in [0.25, 0.3) is 0 Å². The van der Waals surface area contributed by atoms with E-state index in [1.165, 1.54) is 11.1 Å². The van der Waals surface area contributed by atoms with Gasteiger partial charge in [-0.05, 0) is 24.8 Å². The number of rotatable bonds is 6. The van der Waals surface area contributed by atoms with Crippen molar-refractivity contribution < 1.29 is 4.79 Å². The molecular formula is C15H24N2O. The average molecular weight is 248 g/mol. The summed E-state index contributed by atoms with van der Waals surface area (Å²) in [6, 6.07) is 8.32. The van der Waals surface area contributed by atoms with Crippen LogP contribution in [-0.4, -0.2) is 18.5 Å². The Morgan fingerprint density at radius 1 is 1.28 bits per heavy atom. The lowest BCUT2D eigenvalue weighted by Gasteiger charge is -2.16. The van der Waals surface area contributed by atoms with Crippen LogP contribution in [0.5, 0.6) is 0 Å². The third-order valence-corrected chi connectivity index (χ3v) is 3.15. The molecule has 0 radical (unpaired) electrons. The van der Waals surface area contributed by atoms with Crippen LogP contribution in [0.3, 0.4) is 0 Å². The van der Waals surface area contributed by atoms with Crippen LogP contribution < -0.4 is 11.1 Å². The number of benzene rings is 1. The molecular weight excluding hydrogens is 224 g/mol. The Morgan fingerprint density at radius 3 is 2.44 bits per heavy atom. The van der Waals surface area contributed by atoms with Gasteiger partial charge in [-0.3, -0.25) is 4.79 Å². The maximum Gasteiger partial charge on any atom is 0.220 e. The first-order valence-corrected chi connectivity index (χ1v) is 6.57. The van der Waals surface area contributed by atoms with Gasteiger partial charge in [0.25, 0.3) is 0 Å². The van der Waals surface area contributed by atoms with E-state index in [1.54, 1.807) is 0 Å². The fraction of sp³-hybridized carbons (Fsp3) is 0.533. The molecule has 1 aromatic rings. The van der Waals surface area contributed by atoms with Crippen LogP contribution in [0.4, 0.5) is 0 Å². The lowest BCUT2D eigenvalue weighted by molar-refractivity contribution is -0.121. The van der Waals surface area contributed by atoms with E-state index < -0.39 is 0 Å². The van der Waals surface area contributed by atoms with E-state index in [0.717, 1.165) is 6.42 Å². The summed E-state index contributed by atoms with van der Waals surface area (Å²) in [5.41, 5.74) is 8.31. The number of carbonyl (C=O) groups excluding carboxylic acids is 1. The Labute approximate surface area is 110 Å². The molecule has 0 spiro atoms. The van der Waals surface area contributed by atoms with E-state index in [2.05, 4.69) is 50.4 Å². The van der Waals surface area contributed by atoms with Crippen molar-refractivity contribution in [1.82, 2.24) is 5.32 Å². The van der Waals surface area contributed by atoms with Crippen LogP contribution in [0.2, 0.25) is 0 Å². The Bertz CT molecular complexity index is 371. The second-order valence-electron chi connectivity index (χ2n) is 5.20. The summed E-state index contributed by atoms with van der Waals surface area (Å²) >= 11 is 0. The Morgan fingerprint density at radius 2 is 1.89 bits per heavy atom. The topological polar surface area (TPSA) is 55.1 Å². The summed E-state index contributed by atoms with van der Waals surface area (Å²) < 4.78 is 0. The predicted octanol–water partition coefficient (Wildman–Crippen LogP) is 2.03. The highest BCUT2D eigenvalue weighted by molar-refractivity contribution is 5.76. The lowest BCUT2D eigenvalue weighted by atomic mass is 10.1. The van der Waals surface area contributed by atoms with Crippen molar-refractivity contribution in [3.63, 3.8) is 0 Å². The molecule has 3 heteroatoms. The molecule has 3 N–H and O–H groups in total. The van der Waals surface area contributed by atoms with Crippen molar-refractivity contribution in [3.05, 3.63) is 35.4 Å². The van der Waals surface area contributed by atoms with Gasteiger partial charge in [-0.2, -0.15) is 0 Å². The second-order valence-corrected chi connectivity index (χ2v) is 5.20. The van der Waals surface area contributed by atoms with Gasteiger partial charge in [0.1, 0.15) is 0 Å². The zero-order chi connectivity index (χ0) is 13.5. The van der Waals surface area contributed by atoms with Crippen molar-refractivity contribution >= 4 is 5.91 Å². The maximum absolute atomic E-state index is 11.6. The van der Waals surface area contributed by atoms with E-state index in [1.807, 2.05) is 0 Å². The highest BCUT2D eigenvalue weighted by Crippen LogP contribution is 2.05. The zero-order valence-corrected chi connectivity index (χ0v) is 11.6. The molecule has 0 aromatic heterocycles. The Hall–Kier alpha value is -1.35. The summed E-state index contributed by atoms with van der Waals surface area (Å²) in [5.74, 6) is 0.467. The third-order valence-electron chi connectivity index (χ3n) is 3.15. The van der Waals surface area contributed by atoms with Crippen molar-refractivity contribution in [2.45, 2.75) is 39.7 Å².